The summed E-state index contributed by atoms with van der Waals surface area (Å²) < 4.78 is 5.10. The van der Waals surface area contributed by atoms with Gasteiger partial charge in [0.05, 0.1) is 0 Å². The number of nitrogens with one attached hydrogen (secondary N) is 1. The minimum Gasteiger partial charge on any atom is -0.465 e. The molecule has 8 heteroatoms. The zero-order valence-corrected chi connectivity index (χ0v) is 12.5. The summed E-state index contributed by atoms with van der Waals surface area (Å²) in [6.07, 6.45) is -1.26. The Morgan fingerprint density at radius 1 is 1.30 bits per heavy atom. The van der Waals surface area contributed by atoms with Gasteiger partial charge in [-0.15, -0.1) is 0 Å². The standard InChI is InChI=1S/C15H19N3O5/c16-13(19)12-8-11(6-7-18(12)15(21)22)17-14(20)23-9-10-4-2-1-3-5-10/h1-5,11-12H,6-9H2,(H2,16,19)(H,17,20)(H,21,22). The molecule has 0 aliphatic carbocycles. The predicted molar refractivity (Wildman–Crippen MR) is 80.5 cm³/mol. The normalized spacial score (nSPS) is 20.6. The number of carbonyl (C=O) groups is 3. The molecule has 4 N–H and O–H groups in total. The number of hydrogen-bond acceptors (Lipinski definition) is 4. The summed E-state index contributed by atoms with van der Waals surface area (Å²) in [5, 5.41) is 11.7. The fraction of sp³-hybridized carbons (Fsp3) is 0.400. The molecular weight excluding hydrogens is 302 g/mol. The van der Waals surface area contributed by atoms with Crippen LogP contribution in [0, 0.1) is 0 Å². The van der Waals surface area contributed by atoms with E-state index in [1.807, 2.05) is 30.3 Å². The number of benzene rings is 1. The summed E-state index contributed by atoms with van der Waals surface area (Å²) in [7, 11) is 0. The average molecular weight is 321 g/mol. The largest absolute Gasteiger partial charge is 0.465 e. The van der Waals surface area contributed by atoms with Gasteiger partial charge in [0.15, 0.2) is 0 Å². The number of amides is 3. The molecule has 0 aromatic heterocycles. The monoisotopic (exact) mass is 321 g/mol. The molecule has 1 saturated heterocycles. The third kappa shape index (κ3) is 4.60. The number of primary amides is 1. The van der Waals surface area contributed by atoms with Crippen LogP contribution in [-0.2, 0) is 16.1 Å². The Labute approximate surface area is 133 Å². The maximum atomic E-state index is 11.8. The molecule has 8 nitrogen and oxygen atoms in total. The smallest absolute Gasteiger partial charge is 0.407 e. The van der Waals surface area contributed by atoms with E-state index in [9.17, 15) is 14.4 Å². The summed E-state index contributed by atoms with van der Waals surface area (Å²) >= 11 is 0. The van der Waals surface area contributed by atoms with Crippen LogP contribution in [0.5, 0.6) is 0 Å². The van der Waals surface area contributed by atoms with Crippen LogP contribution in [0.2, 0.25) is 0 Å². The lowest BCUT2D eigenvalue weighted by Gasteiger charge is -2.35. The summed E-state index contributed by atoms with van der Waals surface area (Å²) in [6, 6.07) is 7.92. The molecule has 3 amide bonds. The van der Waals surface area contributed by atoms with E-state index in [2.05, 4.69) is 5.32 Å². The molecule has 0 saturated carbocycles. The maximum Gasteiger partial charge on any atom is 0.407 e. The maximum absolute atomic E-state index is 11.8. The molecule has 1 aromatic carbocycles. The van der Waals surface area contributed by atoms with Gasteiger partial charge in [0.1, 0.15) is 12.6 Å². The molecule has 1 aliphatic rings. The fourth-order valence-electron chi connectivity index (χ4n) is 2.53. The van der Waals surface area contributed by atoms with Gasteiger partial charge in [-0.2, -0.15) is 0 Å². The van der Waals surface area contributed by atoms with E-state index in [0.717, 1.165) is 10.5 Å². The first-order valence-corrected chi connectivity index (χ1v) is 7.23. The van der Waals surface area contributed by atoms with Gasteiger partial charge in [-0.3, -0.25) is 9.69 Å². The molecule has 0 bridgehead atoms. The number of carbonyl (C=O) groups excluding carboxylic acids is 2. The van der Waals surface area contributed by atoms with Crippen LogP contribution >= 0.6 is 0 Å². The van der Waals surface area contributed by atoms with E-state index >= 15 is 0 Å². The highest BCUT2D eigenvalue weighted by molar-refractivity contribution is 5.84. The molecule has 1 heterocycles. The minimum atomic E-state index is -1.20. The second-order valence-corrected chi connectivity index (χ2v) is 5.32. The fourth-order valence-corrected chi connectivity index (χ4v) is 2.53. The van der Waals surface area contributed by atoms with E-state index < -0.39 is 24.1 Å². The van der Waals surface area contributed by atoms with Gasteiger partial charge in [0.2, 0.25) is 5.91 Å². The first kappa shape index (κ1) is 16.6. The van der Waals surface area contributed by atoms with E-state index in [0.29, 0.717) is 6.42 Å². The number of ether oxygens (including phenoxy) is 1. The van der Waals surface area contributed by atoms with Gasteiger partial charge in [-0.25, -0.2) is 9.59 Å². The number of piperidine rings is 1. The number of hydrogen-bond donors (Lipinski definition) is 3. The molecule has 124 valence electrons. The molecule has 23 heavy (non-hydrogen) atoms. The van der Waals surface area contributed by atoms with Gasteiger partial charge in [0, 0.05) is 12.6 Å². The van der Waals surface area contributed by atoms with Crippen molar-refractivity contribution in [1.29, 1.82) is 0 Å². The van der Waals surface area contributed by atoms with Crippen molar-refractivity contribution in [3.8, 4) is 0 Å². The Kier molecular flexibility index (Phi) is 5.40. The van der Waals surface area contributed by atoms with Crippen molar-refractivity contribution in [2.45, 2.75) is 31.5 Å². The Balaban J connectivity index is 1.84. The molecule has 1 fully saturated rings. The van der Waals surface area contributed by atoms with Crippen molar-refractivity contribution in [2.75, 3.05) is 6.54 Å². The van der Waals surface area contributed by atoms with Gasteiger partial charge in [-0.1, -0.05) is 30.3 Å². The summed E-state index contributed by atoms with van der Waals surface area (Å²) in [4.78, 5) is 35.2. The summed E-state index contributed by atoms with van der Waals surface area (Å²) in [5.41, 5.74) is 6.09. The van der Waals surface area contributed by atoms with Gasteiger partial charge < -0.3 is 20.9 Å². The van der Waals surface area contributed by atoms with E-state index in [4.69, 9.17) is 15.6 Å². The average Bonchev–Trinajstić information content (AvgIpc) is 2.53. The highest BCUT2D eigenvalue weighted by atomic mass is 16.5. The Morgan fingerprint density at radius 3 is 2.61 bits per heavy atom. The number of rotatable bonds is 4. The van der Waals surface area contributed by atoms with Crippen LogP contribution < -0.4 is 11.1 Å². The SMILES string of the molecule is NC(=O)C1CC(NC(=O)OCc2ccccc2)CCN1C(=O)O. The number of likely N-dealkylation sites (tertiary alicyclic amines) is 1. The van der Waals surface area contributed by atoms with Gasteiger partial charge in [0.25, 0.3) is 0 Å². The summed E-state index contributed by atoms with van der Waals surface area (Å²) in [5.74, 6) is -0.725. The second kappa shape index (κ2) is 7.48. The van der Waals surface area contributed by atoms with Crippen LogP contribution in [-0.4, -0.2) is 46.7 Å². The second-order valence-electron chi connectivity index (χ2n) is 5.32. The zero-order chi connectivity index (χ0) is 16.8. The van der Waals surface area contributed by atoms with E-state index in [-0.39, 0.29) is 25.6 Å². The van der Waals surface area contributed by atoms with Gasteiger partial charge in [-0.05, 0) is 18.4 Å². The van der Waals surface area contributed by atoms with Crippen LogP contribution in [0.25, 0.3) is 0 Å². The quantitative estimate of drug-likeness (QED) is 0.761. The number of nitrogens with zero attached hydrogens (tertiary/aromatic N) is 1. The van der Waals surface area contributed by atoms with Crippen molar-refractivity contribution in [1.82, 2.24) is 10.2 Å². The molecule has 2 atom stereocenters. The Morgan fingerprint density at radius 2 is 2.00 bits per heavy atom. The lowest BCUT2D eigenvalue weighted by molar-refractivity contribution is -0.124. The highest BCUT2D eigenvalue weighted by Gasteiger charge is 2.35. The van der Waals surface area contributed by atoms with Crippen molar-refractivity contribution in [2.24, 2.45) is 5.73 Å². The lowest BCUT2D eigenvalue weighted by Crippen LogP contribution is -2.56. The van der Waals surface area contributed by atoms with Crippen molar-refractivity contribution < 1.29 is 24.2 Å². The van der Waals surface area contributed by atoms with Crippen LogP contribution in [0.4, 0.5) is 9.59 Å². The first-order chi connectivity index (χ1) is 11.0. The number of alkyl carbamates (subject to hydrolysis) is 1. The van der Waals surface area contributed by atoms with Crippen molar-refractivity contribution in [3.05, 3.63) is 35.9 Å². The van der Waals surface area contributed by atoms with Crippen molar-refractivity contribution in [3.63, 3.8) is 0 Å². The molecular formula is C15H19N3O5. The summed E-state index contributed by atoms with van der Waals surface area (Å²) in [6.45, 7) is 0.270. The minimum absolute atomic E-state index is 0.132. The topological polar surface area (TPSA) is 122 Å². The molecule has 2 rings (SSSR count). The van der Waals surface area contributed by atoms with Crippen molar-refractivity contribution >= 4 is 18.1 Å². The predicted octanol–water partition coefficient (Wildman–Crippen LogP) is 0.909. The third-order valence-corrected chi connectivity index (χ3v) is 3.71. The lowest BCUT2D eigenvalue weighted by atomic mass is 9.97. The first-order valence-electron chi connectivity index (χ1n) is 7.23. The van der Waals surface area contributed by atoms with Crippen LogP contribution in [0.1, 0.15) is 18.4 Å². The van der Waals surface area contributed by atoms with Gasteiger partial charge >= 0.3 is 12.2 Å². The molecule has 2 unspecified atom stereocenters. The van der Waals surface area contributed by atoms with Crippen LogP contribution in [0.15, 0.2) is 30.3 Å². The molecule has 1 aromatic rings. The molecule has 0 radical (unpaired) electrons. The third-order valence-electron chi connectivity index (χ3n) is 3.71. The molecule has 1 aliphatic heterocycles. The molecule has 0 spiro atoms. The van der Waals surface area contributed by atoms with E-state index in [1.54, 1.807) is 0 Å². The van der Waals surface area contributed by atoms with Crippen LogP contribution in [0.3, 0.4) is 0 Å². The Bertz CT molecular complexity index is 578. The number of nitrogens with two attached hydrogens (primary N) is 1. The van der Waals surface area contributed by atoms with E-state index in [1.165, 1.54) is 0 Å². The number of carboxylic acid groups (broad SMARTS) is 1. The zero-order valence-electron chi connectivity index (χ0n) is 12.5. The Hall–Kier alpha value is -2.77. The highest BCUT2D eigenvalue weighted by Crippen LogP contribution is 2.18.